The zero-order valence-electron chi connectivity index (χ0n) is 16.2. The molecule has 29 heavy (non-hydrogen) atoms. The summed E-state index contributed by atoms with van der Waals surface area (Å²) in [5.41, 5.74) is 6.38. The van der Waals surface area contributed by atoms with Gasteiger partial charge in [0.15, 0.2) is 0 Å². The van der Waals surface area contributed by atoms with Crippen LogP contribution in [0.25, 0.3) is 32.2 Å². The minimum absolute atomic E-state index is 0.0163. The third-order valence-electron chi connectivity index (χ3n) is 5.44. The smallest absolute Gasteiger partial charge is 0.263 e. The number of pyridine rings is 1. The zero-order valence-corrected chi connectivity index (χ0v) is 17.0. The number of thiophene rings is 1. The molecule has 0 unspecified atom stereocenters. The van der Waals surface area contributed by atoms with Crippen LogP contribution >= 0.6 is 11.3 Å². The van der Waals surface area contributed by atoms with E-state index in [-0.39, 0.29) is 5.56 Å². The van der Waals surface area contributed by atoms with E-state index in [1.54, 1.807) is 17.1 Å². The Balaban J connectivity index is 1.65. The van der Waals surface area contributed by atoms with E-state index in [0.717, 1.165) is 32.4 Å². The molecule has 0 fully saturated rings. The molecule has 142 valence electrons. The number of para-hydroxylation sites is 1. The molecule has 0 atom stereocenters. The van der Waals surface area contributed by atoms with Crippen molar-refractivity contribution in [2.75, 3.05) is 0 Å². The quantitative estimate of drug-likeness (QED) is 0.413. The van der Waals surface area contributed by atoms with Crippen molar-refractivity contribution in [2.24, 2.45) is 0 Å². The van der Waals surface area contributed by atoms with Gasteiger partial charge in [-0.15, -0.1) is 11.3 Å². The molecule has 3 heterocycles. The monoisotopic (exact) mass is 397 g/mol. The summed E-state index contributed by atoms with van der Waals surface area (Å²) in [6, 6.07) is 16.3. The van der Waals surface area contributed by atoms with E-state index in [1.807, 2.05) is 35.7 Å². The summed E-state index contributed by atoms with van der Waals surface area (Å²) < 4.78 is 1.68. The predicted molar refractivity (Wildman–Crippen MR) is 120 cm³/mol. The fourth-order valence-electron chi connectivity index (χ4n) is 3.68. The van der Waals surface area contributed by atoms with Crippen LogP contribution in [0.3, 0.4) is 0 Å². The molecule has 0 N–H and O–H groups in total. The molecule has 0 saturated heterocycles. The number of aryl methyl sites for hydroxylation is 2. The van der Waals surface area contributed by atoms with Crippen molar-refractivity contribution in [3.8, 4) is 11.1 Å². The van der Waals surface area contributed by atoms with Crippen LogP contribution in [0.1, 0.15) is 16.7 Å². The molecule has 3 aromatic heterocycles. The second-order valence-electron chi connectivity index (χ2n) is 7.30. The van der Waals surface area contributed by atoms with Gasteiger partial charge in [0.2, 0.25) is 0 Å². The first-order valence-corrected chi connectivity index (χ1v) is 10.4. The molecule has 5 heteroatoms. The van der Waals surface area contributed by atoms with E-state index < -0.39 is 0 Å². The van der Waals surface area contributed by atoms with E-state index in [2.05, 4.69) is 42.0 Å². The average molecular weight is 398 g/mol. The lowest BCUT2D eigenvalue weighted by Gasteiger charge is -2.09. The minimum atomic E-state index is -0.0163. The first-order chi connectivity index (χ1) is 14.1. The lowest BCUT2D eigenvalue weighted by atomic mass is 10.0. The summed E-state index contributed by atoms with van der Waals surface area (Å²) >= 11 is 1.51. The molecule has 0 bridgehead atoms. The van der Waals surface area contributed by atoms with Crippen LogP contribution < -0.4 is 5.56 Å². The van der Waals surface area contributed by atoms with Crippen LogP contribution in [0.15, 0.2) is 71.2 Å². The minimum Gasteiger partial charge on any atom is -0.294 e. The van der Waals surface area contributed by atoms with E-state index in [4.69, 9.17) is 0 Å². The number of benzene rings is 2. The second kappa shape index (κ2) is 6.94. The Morgan fingerprint density at radius 3 is 2.72 bits per heavy atom. The Bertz CT molecular complexity index is 1430. The average Bonchev–Trinajstić information content (AvgIpc) is 3.17. The lowest BCUT2D eigenvalue weighted by Crippen LogP contribution is -2.21. The summed E-state index contributed by atoms with van der Waals surface area (Å²) in [5.74, 6) is 0. The summed E-state index contributed by atoms with van der Waals surface area (Å²) in [6.07, 6.45) is 3.43. The number of hydrogen-bond acceptors (Lipinski definition) is 4. The predicted octanol–water partition coefficient (Wildman–Crippen LogP) is 5.34. The van der Waals surface area contributed by atoms with Gasteiger partial charge in [0, 0.05) is 22.5 Å². The number of hydrogen-bond donors (Lipinski definition) is 0. The Hall–Kier alpha value is -3.31. The lowest BCUT2D eigenvalue weighted by molar-refractivity contribution is 0.752. The van der Waals surface area contributed by atoms with E-state index >= 15 is 0 Å². The molecule has 0 radical (unpaired) electrons. The molecule has 0 aliphatic heterocycles. The van der Waals surface area contributed by atoms with Gasteiger partial charge in [-0.1, -0.05) is 42.5 Å². The van der Waals surface area contributed by atoms with Crippen molar-refractivity contribution in [3.63, 3.8) is 0 Å². The molecule has 5 rings (SSSR count). The highest BCUT2D eigenvalue weighted by Crippen LogP contribution is 2.31. The van der Waals surface area contributed by atoms with Crippen molar-refractivity contribution in [1.29, 1.82) is 0 Å². The highest BCUT2D eigenvalue weighted by Gasteiger charge is 2.14. The normalized spacial score (nSPS) is 11.4. The van der Waals surface area contributed by atoms with E-state index in [9.17, 15) is 4.79 Å². The first-order valence-electron chi connectivity index (χ1n) is 9.49. The number of nitrogens with zero attached hydrogens (tertiary/aromatic N) is 3. The van der Waals surface area contributed by atoms with Crippen LogP contribution in [0.2, 0.25) is 0 Å². The summed E-state index contributed by atoms with van der Waals surface area (Å²) in [7, 11) is 0. The van der Waals surface area contributed by atoms with Crippen molar-refractivity contribution in [1.82, 2.24) is 14.5 Å². The largest absolute Gasteiger partial charge is 0.294 e. The highest BCUT2D eigenvalue weighted by molar-refractivity contribution is 7.17. The number of rotatable bonds is 3. The Kier molecular flexibility index (Phi) is 4.25. The molecule has 0 saturated carbocycles. The van der Waals surface area contributed by atoms with Gasteiger partial charge in [0.1, 0.15) is 4.83 Å². The van der Waals surface area contributed by atoms with Gasteiger partial charge >= 0.3 is 0 Å². The summed E-state index contributed by atoms with van der Waals surface area (Å²) in [6.45, 7) is 4.63. The maximum absolute atomic E-state index is 13.4. The zero-order chi connectivity index (χ0) is 20.0. The second-order valence-corrected chi connectivity index (χ2v) is 8.16. The Labute approximate surface area is 172 Å². The van der Waals surface area contributed by atoms with Crippen LogP contribution in [-0.2, 0) is 6.54 Å². The van der Waals surface area contributed by atoms with Gasteiger partial charge in [-0.05, 0) is 42.2 Å². The fourth-order valence-corrected chi connectivity index (χ4v) is 4.59. The third-order valence-corrected chi connectivity index (χ3v) is 6.32. The Morgan fingerprint density at radius 2 is 1.86 bits per heavy atom. The van der Waals surface area contributed by atoms with Gasteiger partial charge in [0.05, 0.1) is 23.8 Å². The van der Waals surface area contributed by atoms with E-state index in [1.165, 1.54) is 22.5 Å². The standard InChI is InChI=1S/C24H19N3OS/c1-15-8-9-18(11-16(15)2)20-13-29-23-21(20)24(28)27(14-26-23)12-19-6-3-5-17-7-4-10-25-22(17)19/h3-11,13-14H,12H2,1-2H3. The van der Waals surface area contributed by atoms with Crippen molar-refractivity contribution < 1.29 is 0 Å². The van der Waals surface area contributed by atoms with E-state index in [0.29, 0.717) is 11.9 Å². The highest BCUT2D eigenvalue weighted by atomic mass is 32.1. The number of fused-ring (bicyclic) bond motifs is 2. The Morgan fingerprint density at radius 1 is 1.00 bits per heavy atom. The van der Waals surface area contributed by atoms with Gasteiger partial charge < -0.3 is 0 Å². The molecular formula is C24H19N3OS. The molecule has 0 aliphatic rings. The topological polar surface area (TPSA) is 47.8 Å². The van der Waals surface area contributed by atoms with Gasteiger partial charge in [-0.25, -0.2) is 4.98 Å². The fraction of sp³-hybridized carbons (Fsp3) is 0.125. The molecule has 0 aliphatic carbocycles. The van der Waals surface area contributed by atoms with Crippen LogP contribution in [0.4, 0.5) is 0 Å². The molecule has 2 aromatic carbocycles. The number of aromatic nitrogens is 3. The SMILES string of the molecule is Cc1ccc(-c2csc3ncn(Cc4cccc5cccnc45)c(=O)c23)cc1C. The third kappa shape index (κ3) is 3.04. The molecule has 4 nitrogen and oxygen atoms in total. The molecule has 0 amide bonds. The van der Waals surface area contributed by atoms with Crippen molar-refractivity contribution >= 4 is 32.5 Å². The molecular weight excluding hydrogens is 378 g/mol. The summed E-state index contributed by atoms with van der Waals surface area (Å²) in [4.78, 5) is 23.2. The van der Waals surface area contributed by atoms with Gasteiger partial charge in [-0.2, -0.15) is 0 Å². The van der Waals surface area contributed by atoms with Crippen LogP contribution in [0, 0.1) is 13.8 Å². The van der Waals surface area contributed by atoms with Crippen LogP contribution in [0.5, 0.6) is 0 Å². The molecule has 0 spiro atoms. The first kappa shape index (κ1) is 17.8. The van der Waals surface area contributed by atoms with Crippen molar-refractivity contribution in [2.45, 2.75) is 20.4 Å². The van der Waals surface area contributed by atoms with Crippen molar-refractivity contribution in [3.05, 3.63) is 93.5 Å². The maximum Gasteiger partial charge on any atom is 0.263 e. The summed E-state index contributed by atoms with van der Waals surface area (Å²) in [5, 5.41) is 3.79. The van der Waals surface area contributed by atoms with Gasteiger partial charge in [0.25, 0.3) is 5.56 Å². The van der Waals surface area contributed by atoms with Gasteiger partial charge in [-0.3, -0.25) is 14.3 Å². The van der Waals surface area contributed by atoms with Crippen LogP contribution in [-0.4, -0.2) is 14.5 Å². The molecule has 5 aromatic rings. The maximum atomic E-state index is 13.4.